The summed E-state index contributed by atoms with van der Waals surface area (Å²) < 4.78 is 0. The third-order valence-corrected chi connectivity index (χ3v) is 0.744. The van der Waals surface area contributed by atoms with Gasteiger partial charge in [0.2, 0.25) is 0 Å². The van der Waals surface area contributed by atoms with E-state index in [-0.39, 0.29) is 0 Å². The topological polar surface area (TPSA) is 0 Å². The maximum absolute atomic E-state index is 4.32. The van der Waals surface area contributed by atoms with Crippen LogP contribution in [0.15, 0.2) is 45.8 Å². The number of hydrogen-bond acceptors (Lipinski definition) is 2. The average Bonchev–Trinajstić information content (AvgIpc) is 2.10. The summed E-state index contributed by atoms with van der Waals surface area (Å²) in [5.74, 6) is 0. The zero-order valence-electron chi connectivity index (χ0n) is 5.82. The lowest BCUT2D eigenvalue weighted by atomic mass is 10.7. The van der Waals surface area contributed by atoms with Crippen LogP contribution in [0.2, 0.25) is 0 Å². The molecule has 12 heavy (non-hydrogen) atoms. The Kier molecular flexibility index (Phi) is 7.88. The summed E-state index contributed by atoms with van der Waals surface area (Å²) in [6.07, 6.45) is 0. The molecule has 0 aliphatic heterocycles. The summed E-state index contributed by atoms with van der Waals surface area (Å²) in [4.78, 5) is 0. The Morgan fingerprint density at radius 1 is 0.417 bits per heavy atom. The predicted molar refractivity (Wildman–Crippen MR) is 53.3 cm³/mol. The van der Waals surface area contributed by atoms with Gasteiger partial charge >= 0.3 is 0 Å². The van der Waals surface area contributed by atoms with Crippen molar-refractivity contribution in [3.63, 3.8) is 0 Å². The highest BCUT2D eigenvalue weighted by atomic mass is 32.1. The fourth-order valence-electron chi connectivity index (χ4n) is 0.239. The van der Waals surface area contributed by atoms with E-state index in [1.165, 1.54) is 0 Å². The first kappa shape index (κ1) is 10.2. The van der Waals surface area contributed by atoms with Gasteiger partial charge in [0.1, 0.15) is 0 Å². The van der Waals surface area contributed by atoms with Crippen molar-refractivity contribution in [3.05, 3.63) is 45.8 Å². The minimum atomic E-state index is 2.20. The van der Waals surface area contributed by atoms with E-state index in [1.54, 1.807) is 0 Å². The number of rotatable bonds is 0. The summed E-state index contributed by atoms with van der Waals surface area (Å²) in [5, 5.41) is 4.40. The Morgan fingerprint density at radius 2 is 0.667 bits per heavy atom. The van der Waals surface area contributed by atoms with E-state index in [2.05, 4.69) is 80.3 Å². The first-order valence-corrected chi connectivity index (χ1v) is 3.47. The Morgan fingerprint density at radius 3 is 0.917 bits per heavy atom. The van der Waals surface area contributed by atoms with Gasteiger partial charge in [-0.1, -0.05) is 0 Å². The summed E-state index contributed by atoms with van der Waals surface area (Å²) in [6.45, 7) is 0. The fourth-order valence-corrected chi connectivity index (χ4v) is 0.341. The molecule has 0 aliphatic carbocycles. The van der Waals surface area contributed by atoms with E-state index >= 15 is 0 Å². The third-order valence-electron chi connectivity index (χ3n) is 0.540. The van der Waals surface area contributed by atoms with Crippen LogP contribution in [0, 0.1) is 0 Å². The van der Waals surface area contributed by atoms with Crippen LogP contribution < -0.4 is 0 Å². The zero-order chi connectivity index (χ0) is 9.07. The highest BCUT2D eigenvalue weighted by Crippen LogP contribution is 1.52. The van der Waals surface area contributed by atoms with Crippen molar-refractivity contribution in [2.75, 3.05) is 0 Å². The smallest absolute Gasteiger partial charge is 0.0148 e. The molecule has 0 saturated heterocycles. The van der Waals surface area contributed by atoms with Crippen molar-refractivity contribution in [1.29, 1.82) is 0 Å². The lowest BCUT2D eigenvalue weighted by Crippen LogP contribution is -1.26. The highest BCUT2D eigenvalue weighted by Gasteiger charge is 1.38. The lowest BCUT2D eigenvalue weighted by Gasteiger charge is -1.37. The van der Waals surface area contributed by atoms with Crippen molar-refractivity contribution >= 4 is 34.5 Å². The first-order valence-electron chi connectivity index (χ1n) is 2.66. The van der Waals surface area contributed by atoms with Crippen LogP contribution >= 0.6 is 24.4 Å². The van der Waals surface area contributed by atoms with Gasteiger partial charge in [0.15, 0.2) is 0 Å². The normalized spacial score (nSPS) is 3.67. The molecule has 0 fully saturated rings. The van der Waals surface area contributed by atoms with Crippen LogP contribution in [0.1, 0.15) is 0 Å². The fraction of sp³-hybridized carbons (Fsp3) is 0. The molecule has 0 rings (SSSR count). The van der Waals surface area contributed by atoms with E-state index in [1.807, 2.05) is 0 Å². The minimum absolute atomic E-state index is 2.20. The van der Waals surface area contributed by atoms with Gasteiger partial charge < -0.3 is 0 Å². The summed E-state index contributed by atoms with van der Waals surface area (Å²) in [6, 6.07) is 0. The van der Waals surface area contributed by atoms with E-state index < -0.39 is 0 Å². The van der Waals surface area contributed by atoms with E-state index in [0.29, 0.717) is 0 Å². The van der Waals surface area contributed by atoms with Crippen LogP contribution in [0.25, 0.3) is 0 Å². The molecule has 0 N–H and O–H groups in total. The Balaban J connectivity index is 5.45. The molecule has 0 aromatic carbocycles. The molecule has 0 bridgehead atoms. The minimum Gasteiger partial charge on any atom is -0.0176 e. The van der Waals surface area contributed by atoms with Crippen molar-refractivity contribution in [3.8, 4) is 0 Å². The first-order chi connectivity index (χ1) is 5.91. The van der Waals surface area contributed by atoms with Crippen LogP contribution in [0.4, 0.5) is 0 Å². The van der Waals surface area contributed by atoms with Crippen LogP contribution in [-0.4, -0.2) is 10.0 Å². The lowest BCUT2D eigenvalue weighted by molar-refractivity contribution is 2.17. The van der Waals surface area contributed by atoms with E-state index in [0.717, 1.165) is 0 Å². The monoisotopic (exact) mass is 184 g/mol. The molecule has 52 valence electrons. The summed E-state index contributed by atoms with van der Waals surface area (Å²) >= 11 is 8.64. The molecule has 0 spiro atoms. The van der Waals surface area contributed by atoms with Gasteiger partial charge in [-0.15, -0.1) is 0 Å². The molecule has 2 heteroatoms. The Labute approximate surface area is 80.5 Å². The van der Waals surface area contributed by atoms with Crippen LogP contribution in [-0.2, 0) is 0 Å². The highest BCUT2D eigenvalue weighted by molar-refractivity contribution is 7.78. The second-order valence-electron chi connectivity index (χ2n) is 1.20. The van der Waals surface area contributed by atoms with Crippen molar-refractivity contribution in [1.82, 2.24) is 0 Å². The average molecular weight is 184 g/mol. The summed E-state index contributed by atoms with van der Waals surface area (Å²) in [5.41, 5.74) is 19.3. The molecular weight excluding hydrogens is 184 g/mol. The largest absolute Gasteiger partial charge is 0.0176 e. The van der Waals surface area contributed by atoms with Gasteiger partial charge in [-0.3, -0.25) is 0 Å². The molecule has 0 aromatic heterocycles. The second-order valence-corrected chi connectivity index (χ2v) is 1.61. The molecule has 0 atom stereocenters. The summed E-state index contributed by atoms with van der Waals surface area (Å²) in [7, 11) is 0. The van der Waals surface area contributed by atoms with E-state index in [9.17, 15) is 0 Å². The molecule has 0 aromatic rings. The maximum Gasteiger partial charge on any atom is 0.0148 e. The number of thiocarbonyl (C=S) groups is 2. The standard InChI is InChI=1S/C10S2/c11-9-7-5-3-1-2-4-6-8-10-12. The second kappa shape index (κ2) is 9.24. The zero-order valence-corrected chi connectivity index (χ0v) is 7.45. The molecule has 0 amide bonds. The third kappa shape index (κ3) is 8.24. The van der Waals surface area contributed by atoms with Gasteiger partial charge in [0, 0.05) is 55.9 Å². The molecule has 0 nitrogen and oxygen atoms in total. The quantitative estimate of drug-likeness (QED) is 0.417. The molecule has 0 radical (unpaired) electrons. The molecule has 0 unspecified atom stereocenters. The maximum atomic E-state index is 4.32. The molecule has 0 aliphatic rings. The van der Waals surface area contributed by atoms with Gasteiger partial charge in [-0.05, 0) is 24.4 Å². The van der Waals surface area contributed by atoms with Crippen molar-refractivity contribution < 1.29 is 0 Å². The van der Waals surface area contributed by atoms with Crippen molar-refractivity contribution in [2.24, 2.45) is 0 Å². The van der Waals surface area contributed by atoms with E-state index in [4.69, 9.17) is 0 Å². The predicted octanol–water partition coefficient (Wildman–Crippen LogP) is 1.98. The molecule has 0 saturated carbocycles. The molecule has 0 heterocycles. The van der Waals surface area contributed by atoms with Crippen molar-refractivity contribution in [2.45, 2.75) is 0 Å². The van der Waals surface area contributed by atoms with Crippen LogP contribution in [0.3, 0.4) is 0 Å². The SMILES string of the molecule is S=C=C=C=C=C=C=C=C=C=C=S. The van der Waals surface area contributed by atoms with Gasteiger partial charge in [0.05, 0.1) is 0 Å². The van der Waals surface area contributed by atoms with Crippen LogP contribution in [0.5, 0.6) is 0 Å². The van der Waals surface area contributed by atoms with Gasteiger partial charge in [0.25, 0.3) is 0 Å². The van der Waals surface area contributed by atoms with Gasteiger partial charge in [-0.2, -0.15) is 0 Å². The number of hydrogen-bond donors (Lipinski definition) is 0. The van der Waals surface area contributed by atoms with Gasteiger partial charge in [-0.25, -0.2) is 0 Å². The molecular formula is C10S2. The Hall–Kier alpha value is -1.76. The Bertz CT molecular complexity index is 456.